The summed E-state index contributed by atoms with van der Waals surface area (Å²) in [6.07, 6.45) is 2.62. The molecule has 114 valence electrons. The fourth-order valence-electron chi connectivity index (χ4n) is 1.63. The van der Waals surface area contributed by atoms with Crippen LogP contribution in [0.15, 0.2) is 17.0 Å². The zero-order valence-corrected chi connectivity index (χ0v) is 13.9. The van der Waals surface area contributed by atoms with Gasteiger partial charge in [0, 0.05) is 18.8 Å². The van der Waals surface area contributed by atoms with E-state index in [0.29, 0.717) is 6.42 Å². The molecule has 0 heterocycles. The standard InChI is InChI=1S/C12H18ClFN2O2S2/c1-8(4-5-19-3)16(2)20(17,18)11-7-9(15)6-10(13)12(11)14/h6-8H,4-5,15H2,1-3H3. The summed E-state index contributed by atoms with van der Waals surface area (Å²) >= 11 is 7.28. The Kier molecular flexibility index (Phi) is 6.12. The van der Waals surface area contributed by atoms with E-state index in [2.05, 4.69) is 0 Å². The highest BCUT2D eigenvalue weighted by molar-refractivity contribution is 7.98. The van der Waals surface area contributed by atoms with E-state index in [0.717, 1.165) is 16.1 Å². The van der Waals surface area contributed by atoms with Gasteiger partial charge in [0.15, 0.2) is 5.82 Å². The molecule has 1 aromatic carbocycles. The topological polar surface area (TPSA) is 63.4 Å². The van der Waals surface area contributed by atoms with E-state index in [-0.39, 0.29) is 16.8 Å². The van der Waals surface area contributed by atoms with Gasteiger partial charge in [-0.1, -0.05) is 11.6 Å². The lowest BCUT2D eigenvalue weighted by molar-refractivity contribution is 0.380. The fourth-order valence-corrected chi connectivity index (χ4v) is 4.01. The Morgan fingerprint density at radius 3 is 2.65 bits per heavy atom. The summed E-state index contributed by atoms with van der Waals surface area (Å²) in [7, 11) is -2.53. The van der Waals surface area contributed by atoms with Gasteiger partial charge in [-0.3, -0.25) is 0 Å². The average Bonchev–Trinajstić information content (AvgIpc) is 2.38. The van der Waals surface area contributed by atoms with Crippen molar-refractivity contribution in [3.63, 3.8) is 0 Å². The molecule has 1 atom stereocenters. The molecule has 0 spiro atoms. The smallest absolute Gasteiger partial charge is 0.246 e. The van der Waals surface area contributed by atoms with Crippen LogP contribution in [0.2, 0.25) is 5.02 Å². The first kappa shape index (κ1) is 17.6. The minimum absolute atomic E-state index is 0.111. The Bertz CT molecular complexity index is 581. The molecule has 4 nitrogen and oxygen atoms in total. The first-order chi connectivity index (χ1) is 9.21. The second-order valence-electron chi connectivity index (χ2n) is 4.47. The van der Waals surface area contributed by atoms with Crippen molar-refractivity contribution in [2.24, 2.45) is 0 Å². The van der Waals surface area contributed by atoms with Crippen LogP contribution in [0.4, 0.5) is 10.1 Å². The quantitative estimate of drug-likeness (QED) is 0.809. The summed E-state index contributed by atoms with van der Waals surface area (Å²) in [4.78, 5) is -0.485. The number of halogens is 2. The molecule has 0 amide bonds. The molecule has 2 N–H and O–H groups in total. The maximum Gasteiger partial charge on any atom is 0.246 e. The minimum atomic E-state index is -3.96. The van der Waals surface area contributed by atoms with Gasteiger partial charge in [-0.05, 0) is 37.5 Å². The molecule has 1 rings (SSSR count). The van der Waals surface area contributed by atoms with Crippen LogP contribution in [0.3, 0.4) is 0 Å². The third-order valence-electron chi connectivity index (χ3n) is 3.03. The number of nitrogens with two attached hydrogens (primary N) is 1. The van der Waals surface area contributed by atoms with Gasteiger partial charge in [0.25, 0.3) is 0 Å². The van der Waals surface area contributed by atoms with Crippen molar-refractivity contribution in [1.29, 1.82) is 0 Å². The number of thioether (sulfide) groups is 1. The molecular formula is C12H18ClFN2O2S2. The van der Waals surface area contributed by atoms with E-state index in [4.69, 9.17) is 17.3 Å². The van der Waals surface area contributed by atoms with Gasteiger partial charge in [0.05, 0.1) is 5.02 Å². The first-order valence-corrected chi connectivity index (χ1v) is 9.14. The van der Waals surface area contributed by atoms with E-state index in [9.17, 15) is 12.8 Å². The molecule has 0 aliphatic rings. The lowest BCUT2D eigenvalue weighted by Crippen LogP contribution is -2.36. The molecule has 0 saturated carbocycles. The van der Waals surface area contributed by atoms with Gasteiger partial charge in [-0.25, -0.2) is 12.8 Å². The molecule has 0 radical (unpaired) electrons. The number of rotatable bonds is 6. The van der Waals surface area contributed by atoms with Crippen molar-refractivity contribution >= 4 is 39.1 Å². The van der Waals surface area contributed by atoms with Gasteiger partial charge < -0.3 is 5.73 Å². The van der Waals surface area contributed by atoms with Crippen LogP contribution in [0.5, 0.6) is 0 Å². The Morgan fingerprint density at radius 1 is 1.50 bits per heavy atom. The third kappa shape index (κ3) is 3.78. The fraction of sp³-hybridized carbons (Fsp3) is 0.500. The van der Waals surface area contributed by atoms with Gasteiger partial charge in [0.2, 0.25) is 10.0 Å². The number of benzene rings is 1. The summed E-state index contributed by atoms with van der Waals surface area (Å²) < 4.78 is 40.0. The molecule has 20 heavy (non-hydrogen) atoms. The highest BCUT2D eigenvalue weighted by Crippen LogP contribution is 2.28. The van der Waals surface area contributed by atoms with E-state index in [1.807, 2.05) is 6.26 Å². The summed E-state index contributed by atoms with van der Waals surface area (Å²) in [6.45, 7) is 1.78. The van der Waals surface area contributed by atoms with E-state index >= 15 is 0 Å². The summed E-state index contributed by atoms with van der Waals surface area (Å²) in [5.41, 5.74) is 5.66. The van der Waals surface area contributed by atoms with Crippen LogP contribution in [-0.4, -0.2) is 37.8 Å². The third-order valence-corrected chi connectivity index (χ3v) is 5.92. The number of nitrogen functional groups attached to an aromatic ring is 1. The van der Waals surface area contributed by atoms with Crippen LogP contribution >= 0.6 is 23.4 Å². The Labute approximate surface area is 128 Å². The van der Waals surface area contributed by atoms with Gasteiger partial charge in [-0.2, -0.15) is 16.1 Å². The predicted octanol–water partition coefficient (Wildman–Crippen LogP) is 2.82. The molecule has 0 bridgehead atoms. The van der Waals surface area contributed by atoms with E-state index in [1.54, 1.807) is 18.7 Å². The molecular weight excluding hydrogens is 323 g/mol. The lowest BCUT2D eigenvalue weighted by Gasteiger charge is -2.24. The molecule has 1 unspecified atom stereocenters. The van der Waals surface area contributed by atoms with Crippen molar-refractivity contribution < 1.29 is 12.8 Å². The van der Waals surface area contributed by atoms with Crippen LogP contribution in [-0.2, 0) is 10.0 Å². The SMILES string of the molecule is CSCCC(C)N(C)S(=O)(=O)c1cc(N)cc(Cl)c1F. The number of nitrogens with zero attached hydrogens (tertiary/aromatic N) is 1. The monoisotopic (exact) mass is 340 g/mol. The molecule has 0 aliphatic heterocycles. The maximum atomic E-state index is 14.0. The molecule has 1 aromatic rings. The number of hydrogen-bond acceptors (Lipinski definition) is 4. The van der Waals surface area contributed by atoms with Crippen molar-refractivity contribution in [2.75, 3.05) is 24.8 Å². The zero-order valence-electron chi connectivity index (χ0n) is 11.6. The van der Waals surface area contributed by atoms with Gasteiger partial charge in [-0.15, -0.1) is 0 Å². The largest absolute Gasteiger partial charge is 0.399 e. The van der Waals surface area contributed by atoms with E-state index in [1.165, 1.54) is 13.1 Å². The molecule has 0 aromatic heterocycles. The second-order valence-corrected chi connectivity index (χ2v) is 7.83. The normalized spacial score (nSPS) is 13.7. The Morgan fingerprint density at radius 2 is 2.10 bits per heavy atom. The molecule has 8 heteroatoms. The van der Waals surface area contributed by atoms with Crippen LogP contribution in [0.25, 0.3) is 0 Å². The second kappa shape index (κ2) is 6.98. The van der Waals surface area contributed by atoms with Crippen molar-refractivity contribution in [3.05, 3.63) is 23.0 Å². The highest BCUT2D eigenvalue weighted by atomic mass is 35.5. The zero-order chi connectivity index (χ0) is 15.5. The molecule has 0 saturated heterocycles. The summed E-state index contributed by atoms with van der Waals surface area (Å²) in [5, 5.41) is -0.297. The van der Waals surface area contributed by atoms with Crippen LogP contribution < -0.4 is 5.73 Å². The van der Waals surface area contributed by atoms with Crippen LogP contribution in [0.1, 0.15) is 13.3 Å². The van der Waals surface area contributed by atoms with Crippen molar-refractivity contribution in [1.82, 2.24) is 4.31 Å². The Hall–Kier alpha value is -0.500. The Balaban J connectivity index is 3.17. The maximum absolute atomic E-state index is 14.0. The van der Waals surface area contributed by atoms with Gasteiger partial charge >= 0.3 is 0 Å². The number of anilines is 1. The summed E-state index contributed by atoms with van der Waals surface area (Å²) in [5.74, 6) is -0.147. The average molecular weight is 341 g/mol. The number of hydrogen-bond donors (Lipinski definition) is 1. The minimum Gasteiger partial charge on any atom is -0.399 e. The molecule has 0 aliphatic carbocycles. The highest BCUT2D eigenvalue weighted by Gasteiger charge is 2.29. The van der Waals surface area contributed by atoms with Crippen molar-refractivity contribution in [2.45, 2.75) is 24.3 Å². The van der Waals surface area contributed by atoms with Crippen molar-refractivity contribution in [3.8, 4) is 0 Å². The number of sulfonamides is 1. The van der Waals surface area contributed by atoms with Gasteiger partial charge in [0.1, 0.15) is 4.90 Å². The first-order valence-electron chi connectivity index (χ1n) is 5.93. The summed E-state index contributed by atoms with van der Waals surface area (Å²) in [6, 6.07) is 2.04. The predicted molar refractivity (Wildman–Crippen MR) is 83.2 cm³/mol. The van der Waals surface area contributed by atoms with Crippen LogP contribution in [0, 0.1) is 5.82 Å². The lowest BCUT2D eigenvalue weighted by atomic mass is 10.3. The van der Waals surface area contributed by atoms with E-state index < -0.39 is 20.7 Å². The molecule has 0 fully saturated rings.